The van der Waals surface area contributed by atoms with Gasteiger partial charge in [0.05, 0.1) is 9.37 Å². The van der Waals surface area contributed by atoms with Crippen molar-refractivity contribution in [3.63, 3.8) is 0 Å². The first kappa shape index (κ1) is 12.5. The van der Waals surface area contributed by atoms with Crippen molar-refractivity contribution in [2.45, 2.75) is 9.24 Å². The van der Waals surface area contributed by atoms with Gasteiger partial charge in [-0.25, -0.2) is 9.37 Å². The van der Waals surface area contributed by atoms with Gasteiger partial charge in [-0.15, -0.1) is 11.3 Å². The fourth-order valence-corrected chi connectivity index (χ4v) is 3.48. The summed E-state index contributed by atoms with van der Waals surface area (Å²) in [6, 6.07) is 3.22. The third-order valence-corrected chi connectivity index (χ3v) is 4.64. The SMILES string of the molecule is N=C(N)c1ccc(Sc2nccs2)c(F)c1Br. The summed E-state index contributed by atoms with van der Waals surface area (Å²) in [7, 11) is 0. The minimum atomic E-state index is -0.419. The van der Waals surface area contributed by atoms with Crippen molar-refractivity contribution in [3.8, 4) is 0 Å². The molecule has 0 bridgehead atoms. The molecule has 0 aliphatic heterocycles. The molecule has 1 aromatic heterocycles. The molecule has 2 rings (SSSR count). The standard InChI is InChI=1S/C10H7BrFN3S2/c11-7-5(9(13)14)1-2-6(8(7)12)17-10-15-3-4-16-10/h1-4H,(H3,13,14). The molecule has 88 valence electrons. The Labute approximate surface area is 114 Å². The summed E-state index contributed by atoms with van der Waals surface area (Å²) < 4.78 is 15.0. The normalized spacial score (nSPS) is 10.5. The van der Waals surface area contributed by atoms with E-state index in [-0.39, 0.29) is 10.3 Å². The first-order valence-electron chi connectivity index (χ1n) is 4.49. The molecule has 17 heavy (non-hydrogen) atoms. The molecule has 0 aliphatic carbocycles. The zero-order valence-corrected chi connectivity index (χ0v) is 11.6. The number of nitrogens with two attached hydrogens (primary N) is 1. The number of aromatic nitrogens is 1. The number of hydrogen-bond acceptors (Lipinski definition) is 4. The van der Waals surface area contributed by atoms with E-state index in [0.717, 1.165) is 4.34 Å². The summed E-state index contributed by atoms with van der Waals surface area (Å²) in [6.45, 7) is 0. The van der Waals surface area contributed by atoms with E-state index in [9.17, 15) is 4.39 Å². The zero-order chi connectivity index (χ0) is 12.4. The molecule has 0 saturated heterocycles. The topological polar surface area (TPSA) is 62.8 Å². The molecule has 3 nitrogen and oxygen atoms in total. The van der Waals surface area contributed by atoms with Crippen LogP contribution in [0.5, 0.6) is 0 Å². The first-order valence-corrected chi connectivity index (χ1v) is 6.98. The lowest BCUT2D eigenvalue weighted by Crippen LogP contribution is -2.12. The van der Waals surface area contributed by atoms with Crippen LogP contribution in [0.2, 0.25) is 0 Å². The largest absolute Gasteiger partial charge is 0.384 e. The minimum absolute atomic E-state index is 0.165. The van der Waals surface area contributed by atoms with Crippen LogP contribution in [0.4, 0.5) is 4.39 Å². The number of thiazole rings is 1. The molecule has 0 spiro atoms. The van der Waals surface area contributed by atoms with Gasteiger partial charge in [0.2, 0.25) is 0 Å². The number of amidine groups is 1. The van der Waals surface area contributed by atoms with E-state index >= 15 is 0 Å². The number of benzene rings is 1. The van der Waals surface area contributed by atoms with Gasteiger partial charge in [0.15, 0.2) is 10.2 Å². The second kappa shape index (κ2) is 5.16. The lowest BCUT2D eigenvalue weighted by atomic mass is 10.2. The van der Waals surface area contributed by atoms with Gasteiger partial charge in [0.25, 0.3) is 0 Å². The van der Waals surface area contributed by atoms with E-state index in [4.69, 9.17) is 11.1 Å². The van der Waals surface area contributed by atoms with E-state index in [0.29, 0.717) is 10.5 Å². The van der Waals surface area contributed by atoms with E-state index in [2.05, 4.69) is 20.9 Å². The summed E-state index contributed by atoms with van der Waals surface area (Å²) in [5.41, 5.74) is 5.69. The predicted molar refractivity (Wildman–Crippen MR) is 71.4 cm³/mol. The number of halogens is 2. The fraction of sp³-hybridized carbons (Fsp3) is 0. The number of hydrogen-bond donors (Lipinski definition) is 2. The van der Waals surface area contributed by atoms with Crippen molar-refractivity contribution >= 4 is 44.9 Å². The van der Waals surface area contributed by atoms with Gasteiger partial charge >= 0.3 is 0 Å². The van der Waals surface area contributed by atoms with Crippen LogP contribution >= 0.6 is 39.0 Å². The average molecular weight is 332 g/mol. The third-order valence-electron chi connectivity index (χ3n) is 1.94. The van der Waals surface area contributed by atoms with Crippen LogP contribution in [0.25, 0.3) is 0 Å². The van der Waals surface area contributed by atoms with E-state index in [1.807, 2.05) is 5.38 Å². The molecule has 3 N–H and O–H groups in total. The maximum Gasteiger partial charge on any atom is 0.154 e. The molecule has 0 aliphatic rings. The number of nitrogen functional groups attached to an aromatic ring is 1. The van der Waals surface area contributed by atoms with Crippen molar-refractivity contribution in [2.75, 3.05) is 0 Å². The van der Waals surface area contributed by atoms with Gasteiger partial charge < -0.3 is 5.73 Å². The molecular formula is C10H7BrFN3S2. The second-order valence-electron chi connectivity index (χ2n) is 3.05. The molecule has 0 unspecified atom stereocenters. The second-order valence-corrected chi connectivity index (χ2v) is 6.03. The highest BCUT2D eigenvalue weighted by Gasteiger charge is 2.14. The Balaban J connectivity index is 2.37. The fourth-order valence-electron chi connectivity index (χ4n) is 1.17. The first-order chi connectivity index (χ1) is 8.09. The summed E-state index contributed by atoms with van der Waals surface area (Å²) in [5.74, 6) is -0.584. The average Bonchev–Trinajstić information content (AvgIpc) is 2.77. The van der Waals surface area contributed by atoms with E-state index in [1.165, 1.54) is 23.1 Å². The third kappa shape index (κ3) is 2.67. The molecule has 0 atom stereocenters. The van der Waals surface area contributed by atoms with Crippen molar-refractivity contribution < 1.29 is 4.39 Å². The molecule has 1 heterocycles. The molecular weight excluding hydrogens is 325 g/mol. The van der Waals surface area contributed by atoms with Crippen LogP contribution in [0.15, 0.2) is 37.4 Å². The molecule has 0 radical (unpaired) electrons. The van der Waals surface area contributed by atoms with Gasteiger partial charge in [-0.1, -0.05) is 11.8 Å². The monoisotopic (exact) mass is 331 g/mol. The number of nitrogens with zero attached hydrogens (tertiary/aromatic N) is 1. The molecule has 0 amide bonds. The van der Waals surface area contributed by atoms with Crippen molar-refractivity contribution in [1.82, 2.24) is 4.98 Å². The van der Waals surface area contributed by atoms with Crippen LogP contribution < -0.4 is 5.73 Å². The van der Waals surface area contributed by atoms with Gasteiger partial charge in [0, 0.05) is 17.1 Å². The predicted octanol–water partition coefficient (Wildman–Crippen LogP) is 3.48. The van der Waals surface area contributed by atoms with Gasteiger partial charge in [-0.3, -0.25) is 5.41 Å². The van der Waals surface area contributed by atoms with Gasteiger partial charge in [0.1, 0.15) is 5.84 Å². The van der Waals surface area contributed by atoms with Crippen molar-refractivity contribution in [1.29, 1.82) is 5.41 Å². The highest BCUT2D eigenvalue weighted by Crippen LogP contribution is 2.35. The maximum atomic E-state index is 14.0. The summed E-state index contributed by atoms with van der Waals surface area (Å²) >= 11 is 5.80. The van der Waals surface area contributed by atoms with E-state index < -0.39 is 5.82 Å². The van der Waals surface area contributed by atoms with Crippen LogP contribution in [-0.4, -0.2) is 10.8 Å². The Bertz CT molecular complexity index is 557. The molecule has 0 saturated carbocycles. The van der Waals surface area contributed by atoms with Crippen LogP contribution in [0.1, 0.15) is 5.56 Å². The summed E-state index contributed by atoms with van der Waals surface area (Å²) in [5, 5.41) is 9.14. The summed E-state index contributed by atoms with van der Waals surface area (Å²) in [6.07, 6.45) is 1.67. The lowest BCUT2D eigenvalue weighted by molar-refractivity contribution is 0.594. The summed E-state index contributed by atoms with van der Waals surface area (Å²) in [4.78, 5) is 4.53. The quantitative estimate of drug-likeness (QED) is 0.668. The zero-order valence-electron chi connectivity index (χ0n) is 8.41. The van der Waals surface area contributed by atoms with Gasteiger partial charge in [-0.05, 0) is 28.1 Å². The van der Waals surface area contributed by atoms with Crippen LogP contribution in [0, 0.1) is 11.2 Å². The highest BCUT2D eigenvalue weighted by atomic mass is 79.9. The van der Waals surface area contributed by atoms with Gasteiger partial charge in [-0.2, -0.15) is 0 Å². The Kier molecular flexibility index (Phi) is 3.80. The highest BCUT2D eigenvalue weighted by molar-refractivity contribution is 9.10. The lowest BCUT2D eigenvalue weighted by Gasteiger charge is -2.07. The Morgan fingerprint density at radius 3 is 2.88 bits per heavy atom. The molecule has 7 heteroatoms. The Morgan fingerprint density at radius 1 is 1.53 bits per heavy atom. The Hall–Kier alpha value is -0.920. The minimum Gasteiger partial charge on any atom is -0.384 e. The molecule has 1 aromatic carbocycles. The van der Waals surface area contributed by atoms with E-state index in [1.54, 1.807) is 18.3 Å². The van der Waals surface area contributed by atoms with Crippen LogP contribution in [0.3, 0.4) is 0 Å². The Morgan fingerprint density at radius 2 is 2.29 bits per heavy atom. The van der Waals surface area contributed by atoms with Crippen molar-refractivity contribution in [3.05, 3.63) is 39.6 Å². The van der Waals surface area contributed by atoms with Crippen LogP contribution in [-0.2, 0) is 0 Å². The molecule has 2 aromatic rings. The maximum absolute atomic E-state index is 14.0. The van der Waals surface area contributed by atoms with Crippen molar-refractivity contribution in [2.24, 2.45) is 5.73 Å². The molecule has 0 fully saturated rings. The number of nitrogens with one attached hydrogen (secondary N) is 1. The smallest absolute Gasteiger partial charge is 0.154 e. The number of rotatable bonds is 3.